The molecule has 0 N–H and O–H groups in total. The van der Waals surface area contributed by atoms with Crippen LogP contribution in [-0.4, -0.2) is 6.29 Å². The third kappa shape index (κ3) is 2.45. The van der Waals surface area contributed by atoms with Crippen LogP contribution in [0.5, 0.6) is 11.5 Å². The molecule has 128 valence electrons. The summed E-state index contributed by atoms with van der Waals surface area (Å²) in [5.74, 6) is -26.6. The Hall–Kier alpha value is -2.72. The molecule has 0 saturated heterocycles. The van der Waals surface area contributed by atoms with Gasteiger partial charge in [-0.15, -0.1) is 0 Å². The lowest BCUT2D eigenvalue weighted by Gasteiger charge is -2.12. The zero-order chi connectivity index (χ0) is 18.3. The molecule has 0 spiro atoms. The van der Waals surface area contributed by atoms with Gasteiger partial charge >= 0.3 is 0 Å². The number of ether oxygens (including phenoxy) is 1. The summed E-state index contributed by atoms with van der Waals surface area (Å²) in [6.07, 6.45) is -0.598. The molecule has 2 aromatic carbocycles. The van der Waals surface area contributed by atoms with Gasteiger partial charge in [0.1, 0.15) is 0 Å². The van der Waals surface area contributed by atoms with Gasteiger partial charge in [-0.2, -0.15) is 17.6 Å². The van der Waals surface area contributed by atoms with E-state index < -0.39 is 75.7 Å². The summed E-state index contributed by atoms with van der Waals surface area (Å²) in [7, 11) is 0. The molecular weight excluding hydrogens is 359 g/mol. The van der Waals surface area contributed by atoms with Crippen LogP contribution in [0.4, 0.5) is 39.5 Å². The summed E-state index contributed by atoms with van der Waals surface area (Å²) in [5, 5.41) is 0. The van der Waals surface area contributed by atoms with E-state index in [1.807, 2.05) is 0 Å². The van der Waals surface area contributed by atoms with Crippen LogP contribution in [0.2, 0.25) is 0 Å². The Balaban J connectivity index is 2.73. The molecule has 0 radical (unpaired) electrons. The lowest BCUT2D eigenvalue weighted by atomic mass is 10.2. The fourth-order valence-corrected chi connectivity index (χ4v) is 1.60. The summed E-state index contributed by atoms with van der Waals surface area (Å²) in [6, 6.07) is 0. The Morgan fingerprint density at radius 3 is 1.12 bits per heavy atom. The molecule has 24 heavy (non-hydrogen) atoms. The number of aldehydes is 1. The quantitative estimate of drug-likeness (QED) is 0.348. The van der Waals surface area contributed by atoms with Crippen LogP contribution in [0, 0.1) is 52.4 Å². The summed E-state index contributed by atoms with van der Waals surface area (Å²) in [6.45, 7) is 0. The topological polar surface area (TPSA) is 26.3 Å². The van der Waals surface area contributed by atoms with Gasteiger partial charge in [-0.05, 0) is 0 Å². The molecule has 0 aliphatic carbocycles. The number of hydrogen-bond donors (Lipinski definition) is 0. The molecule has 0 aliphatic rings. The lowest BCUT2D eigenvalue weighted by molar-refractivity contribution is 0.111. The molecule has 0 amide bonds. The van der Waals surface area contributed by atoms with Crippen LogP contribution < -0.4 is 4.74 Å². The van der Waals surface area contributed by atoms with Crippen molar-refractivity contribution in [1.82, 2.24) is 0 Å². The Kier molecular flexibility index (Phi) is 4.45. The fourth-order valence-electron chi connectivity index (χ4n) is 1.60. The van der Waals surface area contributed by atoms with Gasteiger partial charge in [-0.25, -0.2) is 22.0 Å². The second-order valence-electron chi connectivity index (χ2n) is 4.12. The molecule has 0 atom stereocenters. The van der Waals surface area contributed by atoms with Gasteiger partial charge in [0.15, 0.2) is 17.9 Å². The van der Waals surface area contributed by atoms with Crippen molar-refractivity contribution in [2.24, 2.45) is 0 Å². The predicted molar refractivity (Wildman–Crippen MR) is 58.0 cm³/mol. The summed E-state index contributed by atoms with van der Waals surface area (Å²) in [5.41, 5.74) is -1.70. The number of hydrogen-bond acceptors (Lipinski definition) is 2. The maximum Gasteiger partial charge on any atom is 0.207 e. The predicted octanol–water partition coefficient (Wildman–Crippen LogP) is 4.54. The van der Waals surface area contributed by atoms with Crippen LogP contribution in [0.3, 0.4) is 0 Å². The van der Waals surface area contributed by atoms with Gasteiger partial charge < -0.3 is 4.74 Å². The number of carbonyl (C=O) groups excluding carboxylic acids is 1. The first-order valence-corrected chi connectivity index (χ1v) is 5.63. The Morgan fingerprint density at radius 2 is 0.792 bits per heavy atom. The molecule has 0 fully saturated rings. The van der Waals surface area contributed by atoms with Crippen molar-refractivity contribution in [3.05, 3.63) is 57.9 Å². The molecule has 2 rings (SSSR count). The summed E-state index contributed by atoms with van der Waals surface area (Å²) < 4.78 is 123. The second kappa shape index (κ2) is 6.06. The minimum Gasteiger partial charge on any atom is -0.444 e. The molecule has 0 aromatic heterocycles. The van der Waals surface area contributed by atoms with E-state index in [4.69, 9.17) is 0 Å². The van der Waals surface area contributed by atoms with Crippen molar-refractivity contribution >= 4 is 6.29 Å². The van der Waals surface area contributed by atoms with Crippen molar-refractivity contribution in [2.75, 3.05) is 0 Å². The smallest absolute Gasteiger partial charge is 0.207 e. The van der Waals surface area contributed by atoms with E-state index >= 15 is 0 Å². The minimum atomic E-state index is -2.60. The highest BCUT2D eigenvalue weighted by Gasteiger charge is 2.32. The lowest BCUT2D eigenvalue weighted by Crippen LogP contribution is -2.09. The maximum atomic E-state index is 13.5. The monoisotopic (exact) mass is 360 g/mol. The molecule has 0 heterocycles. The van der Waals surface area contributed by atoms with Crippen molar-refractivity contribution in [3.63, 3.8) is 0 Å². The van der Waals surface area contributed by atoms with Crippen molar-refractivity contribution in [2.45, 2.75) is 0 Å². The molecular formula is C13HF9O2. The first-order chi connectivity index (χ1) is 11.1. The van der Waals surface area contributed by atoms with Crippen LogP contribution >= 0.6 is 0 Å². The standard InChI is InChI=1S/C13HF9O2/c14-3-2(1-23)4(15)9(20)12(8(3)19)24-13-10(21)6(17)5(16)7(18)11(13)22/h1H. The second-order valence-corrected chi connectivity index (χ2v) is 4.12. The van der Waals surface area contributed by atoms with Crippen LogP contribution in [0.1, 0.15) is 10.4 Å². The van der Waals surface area contributed by atoms with Crippen LogP contribution in [-0.2, 0) is 0 Å². The van der Waals surface area contributed by atoms with Crippen molar-refractivity contribution < 1.29 is 49.0 Å². The Bertz CT molecular complexity index is 805. The van der Waals surface area contributed by atoms with Crippen LogP contribution in [0.25, 0.3) is 0 Å². The van der Waals surface area contributed by atoms with E-state index in [2.05, 4.69) is 4.74 Å². The van der Waals surface area contributed by atoms with Crippen LogP contribution in [0.15, 0.2) is 0 Å². The highest BCUT2D eigenvalue weighted by atomic mass is 19.2. The molecule has 0 bridgehead atoms. The van der Waals surface area contributed by atoms with E-state index in [1.165, 1.54) is 0 Å². The average Bonchev–Trinajstić information content (AvgIpc) is 2.56. The molecule has 0 saturated carbocycles. The normalized spacial score (nSPS) is 10.9. The van der Waals surface area contributed by atoms with Crippen molar-refractivity contribution in [1.29, 1.82) is 0 Å². The van der Waals surface area contributed by atoms with E-state index in [-0.39, 0.29) is 0 Å². The van der Waals surface area contributed by atoms with E-state index in [0.717, 1.165) is 0 Å². The van der Waals surface area contributed by atoms with Gasteiger partial charge in [0.2, 0.25) is 52.2 Å². The highest BCUT2D eigenvalue weighted by molar-refractivity contribution is 5.76. The number of halogens is 9. The number of benzene rings is 2. The molecule has 2 aromatic rings. The SMILES string of the molecule is O=Cc1c(F)c(F)c(Oc2c(F)c(F)c(F)c(F)c2F)c(F)c1F. The third-order valence-electron chi connectivity index (χ3n) is 2.75. The Morgan fingerprint density at radius 1 is 0.500 bits per heavy atom. The molecule has 0 aliphatic heterocycles. The van der Waals surface area contributed by atoms with E-state index in [1.54, 1.807) is 0 Å². The minimum absolute atomic E-state index is 0.598. The zero-order valence-electron chi connectivity index (χ0n) is 10.8. The van der Waals surface area contributed by atoms with Crippen molar-refractivity contribution in [3.8, 4) is 11.5 Å². The van der Waals surface area contributed by atoms with E-state index in [0.29, 0.717) is 0 Å². The maximum absolute atomic E-state index is 13.5. The van der Waals surface area contributed by atoms with Gasteiger partial charge in [-0.3, -0.25) is 4.79 Å². The van der Waals surface area contributed by atoms with E-state index in [9.17, 15) is 44.3 Å². The van der Waals surface area contributed by atoms with Gasteiger partial charge in [0.05, 0.1) is 5.56 Å². The first kappa shape index (κ1) is 17.6. The van der Waals surface area contributed by atoms with Gasteiger partial charge in [-0.1, -0.05) is 0 Å². The largest absolute Gasteiger partial charge is 0.444 e. The molecule has 0 unspecified atom stereocenters. The Labute approximate surface area is 126 Å². The summed E-state index contributed by atoms with van der Waals surface area (Å²) >= 11 is 0. The summed E-state index contributed by atoms with van der Waals surface area (Å²) in [4.78, 5) is 10.3. The van der Waals surface area contributed by atoms with Gasteiger partial charge in [0.25, 0.3) is 0 Å². The number of carbonyl (C=O) groups is 1. The fraction of sp³-hybridized carbons (Fsp3) is 0. The first-order valence-electron chi connectivity index (χ1n) is 5.63. The molecule has 11 heteroatoms. The highest BCUT2D eigenvalue weighted by Crippen LogP contribution is 2.37. The van der Waals surface area contributed by atoms with Gasteiger partial charge in [0, 0.05) is 0 Å². The zero-order valence-corrected chi connectivity index (χ0v) is 10.8. The third-order valence-corrected chi connectivity index (χ3v) is 2.75. The average molecular weight is 360 g/mol. The number of rotatable bonds is 3. The molecule has 2 nitrogen and oxygen atoms in total.